The van der Waals surface area contributed by atoms with Crippen LogP contribution in [0.2, 0.25) is 0 Å². The van der Waals surface area contributed by atoms with E-state index in [-0.39, 0.29) is 0 Å². The van der Waals surface area contributed by atoms with Gasteiger partial charge in [-0.2, -0.15) is 0 Å². The van der Waals surface area contributed by atoms with E-state index in [2.05, 4.69) is 149 Å². The van der Waals surface area contributed by atoms with Crippen LogP contribution in [0.5, 0.6) is 0 Å². The van der Waals surface area contributed by atoms with E-state index in [1.807, 2.05) is 60.7 Å². The van der Waals surface area contributed by atoms with Gasteiger partial charge >= 0.3 is 0 Å². The van der Waals surface area contributed by atoms with E-state index in [4.69, 9.17) is 15.0 Å². The van der Waals surface area contributed by atoms with Crippen LogP contribution in [0.4, 0.5) is 0 Å². The molecule has 0 N–H and O–H groups in total. The van der Waals surface area contributed by atoms with Gasteiger partial charge in [0.1, 0.15) is 0 Å². The first-order valence-corrected chi connectivity index (χ1v) is 19.6. The molecule has 5 nitrogen and oxygen atoms in total. The fourth-order valence-electron chi connectivity index (χ4n) is 8.81. The van der Waals surface area contributed by atoms with Crippen molar-refractivity contribution in [3.8, 4) is 45.5 Å². The first kappa shape index (κ1) is 32.4. The van der Waals surface area contributed by atoms with Crippen molar-refractivity contribution < 1.29 is 0 Å². The maximum atomic E-state index is 4.98. The number of fused-ring (bicyclic) bond motifs is 8. The van der Waals surface area contributed by atoms with Crippen LogP contribution in [0.3, 0.4) is 0 Å². The summed E-state index contributed by atoms with van der Waals surface area (Å²) in [7, 11) is 0. The lowest BCUT2D eigenvalue weighted by Crippen LogP contribution is -2.00. The minimum atomic E-state index is 0.637. The van der Waals surface area contributed by atoms with Crippen molar-refractivity contribution in [2.24, 2.45) is 0 Å². The van der Waals surface area contributed by atoms with Crippen molar-refractivity contribution in [3.63, 3.8) is 0 Å². The van der Waals surface area contributed by atoms with Crippen molar-refractivity contribution >= 4 is 65.2 Å². The summed E-state index contributed by atoms with van der Waals surface area (Å²) in [5.74, 6) is 1.94. The quantitative estimate of drug-likeness (QED) is 0.177. The highest BCUT2D eigenvalue weighted by atomic mass is 15.0. The average molecular weight is 740 g/mol. The number of hydrogen-bond acceptors (Lipinski definition) is 3. The van der Waals surface area contributed by atoms with Gasteiger partial charge in [0.2, 0.25) is 0 Å². The Balaban J connectivity index is 1.03. The van der Waals surface area contributed by atoms with Gasteiger partial charge in [0.15, 0.2) is 17.5 Å². The lowest BCUT2D eigenvalue weighted by Gasteiger charge is -2.13. The summed E-state index contributed by atoms with van der Waals surface area (Å²) in [5, 5.41) is 9.82. The van der Waals surface area contributed by atoms with E-state index in [1.165, 1.54) is 59.8 Å². The molecule has 0 aliphatic heterocycles. The molecule has 0 bridgehead atoms. The lowest BCUT2D eigenvalue weighted by atomic mass is 10.0. The molecule has 3 heterocycles. The highest BCUT2D eigenvalue weighted by molar-refractivity contribution is 6.17. The Morgan fingerprint density at radius 3 is 1.38 bits per heavy atom. The summed E-state index contributed by atoms with van der Waals surface area (Å²) in [6, 6.07) is 71.1. The summed E-state index contributed by atoms with van der Waals surface area (Å²) in [6.07, 6.45) is 0. The molecular formula is C53H33N5. The van der Waals surface area contributed by atoms with E-state index in [0.717, 1.165) is 33.4 Å². The zero-order chi connectivity index (χ0) is 38.2. The molecule has 0 unspecified atom stereocenters. The van der Waals surface area contributed by atoms with Crippen LogP contribution in [-0.4, -0.2) is 24.1 Å². The zero-order valence-electron chi connectivity index (χ0n) is 31.3. The zero-order valence-corrected chi connectivity index (χ0v) is 31.3. The molecule has 0 atom stereocenters. The lowest BCUT2D eigenvalue weighted by molar-refractivity contribution is 1.07. The van der Waals surface area contributed by atoms with Crippen molar-refractivity contribution in [3.05, 3.63) is 200 Å². The Labute approximate surface area is 333 Å². The topological polar surface area (TPSA) is 48.5 Å². The molecule has 12 aromatic rings. The molecule has 0 radical (unpaired) electrons. The third-order valence-electron chi connectivity index (χ3n) is 11.5. The molecule has 58 heavy (non-hydrogen) atoms. The molecule has 0 amide bonds. The Kier molecular flexibility index (Phi) is 7.16. The molecule has 0 saturated carbocycles. The third kappa shape index (κ3) is 5.07. The van der Waals surface area contributed by atoms with Crippen molar-refractivity contribution in [1.29, 1.82) is 0 Å². The van der Waals surface area contributed by atoms with Gasteiger partial charge < -0.3 is 9.13 Å². The van der Waals surface area contributed by atoms with E-state index in [1.54, 1.807) is 0 Å². The van der Waals surface area contributed by atoms with Crippen LogP contribution in [0.15, 0.2) is 200 Å². The molecule has 5 heteroatoms. The SMILES string of the molecule is c1ccc(-c2nc(-c3ccccc3)nc(-c3ccc(-n4c5ccccc5c5cc6c(-n7c8ccccc8c8cc9ccccc9cc87)cccc6cc54)cc3)n2)cc1. The van der Waals surface area contributed by atoms with Crippen LogP contribution in [0.25, 0.3) is 111 Å². The van der Waals surface area contributed by atoms with Crippen molar-refractivity contribution in [2.45, 2.75) is 0 Å². The van der Waals surface area contributed by atoms with E-state index >= 15 is 0 Å². The van der Waals surface area contributed by atoms with Gasteiger partial charge in [0, 0.05) is 49.3 Å². The Bertz CT molecular complexity index is 3490. The van der Waals surface area contributed by atoms with E-state index in [9.17, 15) is 0 Å². The predicted octanol–water partition coefficient (Wildman–Crippen LogP) is 13.4. The largest absolute Gasteiger partial charge is 0.309 e. The number of nitrogens with zero attached hydrogens (tertiary/aromatic N) is 5. The first-order valence-electron chi connectivity index (χ1n) is 19.6. The minimum Gasteiger partial charge on any atom is -0.309 e. The molecule has 0 aliphatic carbocycles. The van der Waals surface area contributed by atoms with E-state index in [0.29, 0.717) is 17.5 Å². The summed E-state index contributed by atoms with van der Waals surface area (Å²) < 4.78 is 4.84. The van der Waals surface area contributed by atoms with Gasteiger partial charge in [-0.3, -0.25) is 0 Å². The van der Waals surface area contributed by atoms with Gasteiger partial charge in [-0.05, 0) is 82.9 Å². The molecule has 270 valence electrons. The van der Waals surface area contributed by atoms with Crippen LogP contribution >= 0.6 is 0 Å². The molecule has 0 fully saturated rings. The normalized spacial score (nSPS) is 11.8. The molecule has 0 saturated heterocycles. The highest BCUT2D eigenvalue weighted by Gasteiger charge is 2.19. The van der Waals surface area contributed by atoms with Crippen LogP contribution in [0, 0.1) is 0 Å². The monoisotopic (exact) mass is 739 g/mol. The van der Waals surface area contributed by atoms with Crippen LogP contribution in [-0.2, 0) is 0 Å². The third-order valence-corrected chi connectivity index (χ3v) is 11.5. The maximum Gasteiger partial charge on any atom is 0.164 e. The van der Waals surface area contributed by atoms with Gasteiger partial charge in [-0.1, -0.05) is 133 Å². The smallest absolute Gasteiger partial charge is 0.164 e. The number of aromatic nitrogens is 5. The summed E-state index contributed by atoms with van der Waals surface area (Å²) in [6.45, 7) is 0. The second kappa shape index (κ2) is 12.8. The molecule has 0 spiro atoms. The standard InChI is InChI=1S/C53H33N5/c1-3-14-34(15-4-1)51-54-52(35-16-5-2-6-17-35)56-53(55-51)36-26-28-40(29-27-36)57-46-23-11-9-22-42(46)45-33-43-39(32-49(45)57)20-13-25-48(43)58-47-24-12-10-21-41(47)44-30-37-18-7-8-19-38(37)31-50(44)58/h1-33H. The number of para-hydroxylation sites is 2. The molecule has 3 aromatic heterocycles. The Morgan fingerprint density at radius 2 is 0.741 bits per heavy atom. The van der Waals surface area contributed by atoms with Gasteiger partial charge in [0.05, 0.1) is 27.8 Å². The van der Waals surface area contributed by atoms with Crippen LogP contribution in [0.1, 0.15) is 0 Å². The Hall–Kier alpha value is -7.89. The minimum absolute atomic E-state index is 0.637. The van der Waals surface area contributed by atoms with Crippen molar-refractivity contribution in [1.82, 2.24) is 24.1 Å². The van der Waals surface area contributed by atoms with Gasteiger partial charge in [-0.15, -0.1) is 0 Å². The molecule has 9 aromatic carbocycles. The van der Waals surface area contributed by atoms with Gasteiger partial charge in [0.25, 0.3) is 0 Å². The molecular weight excluding hydrogens is 707 g/mol. The second-order valence-electron chi connectivity index (χ2n) is 14.9. The number of rotatable bonds is 5. The second-order valence-corrected chi connectivity index (χ2v) is 14.9. The number of hydrogen-bond donors (Lipinski definition) is 0. The molecule has 12 rings (SSSR count). The summed E-state index contributed by atoms with van der Waals surface area (Å²) >= 11 is 0. The number of benzene rings is 9. The molecule has 0 aliphatic rings. The van der Waals surface area contributed by atoms with Crippen molar-refractivity contribution in [2.75, 3.05) is 0 Å². The fourth-order valence-corrected chi connectivity index (χ4v) is 8.81. The highest BCUT2D eigenvalue weighted by Crippen LogP contribution is 2.40. The van der Waals surface area contributed by atoms with Gasteiger partial charge in [-0.25, -0.2) is 15.0 Å². The fraction of sp³-hybridized carbons (Fsp3) is 0. The first-order chi connectivity index (χ1) is 28.7. The predicted molar refractivity (Wildman–Crippen MR) is 240 cm³/mol. The average Bonchev–Trinajstić information content (AvgIpc) is 3.79. The summed E-state index contributed by atoms with van der Waals surface area (Å²) in [4.78, 5) is 14.8. The maximum absolute atomic E-state index is 4.98. The van der Waals surface area contributed by atoms with E-state index < -0.39 is 0 Å². The Morgan fingerprint density at radius 1 is 0.276 bits per heavy atom. The summed E-state index contributed by atoms with van der Waals surface area (Å²) in [5.41, 5.74) is 9.79. The van der Waals surface area contributed by atoms with Crippen LogP contribution < -0.4 is 0 Å².